The average Bonchev–Trinajstić information content (AvgIpc) is 3.79. The van der Waals surface area contributed by atoms with E-state index in [1.165, 1.54) is 17.5 Å². The Morgan fingerprint density at radius 3 is 2.44 bits per heavy atom. The number of furan rings is 1. The Morgan fingerprint density at radius 1 is 1.04 bits per heavy atom. The van der Waals surface area contributed by atoms with Gasteiger partial charge in [-0.3, -0.25) is 9.10 Å². The Balaban J connectivity index is 1.40. The molecule has 0 saturated heterocycles. The summed E-state index contributed by atoms with van der Waals surface area (Å²) in [4.78, 5) is 29.4. The summed E-state index contributed by atoms with van der Waals surface area (Å²) in [6.45, 7) is 0.432. The maximum Gasteiger partial charge on any atom is 0.328 e. The number of carbonyl (C=O) groups excluding carboxylic acids is 2. The van der Waals surface area contributed by atoms with Gasteiger partial charge < -0.3 is 19.0 Å². The largest absolute Gasteiger partial charge is 0.467 e. The minimum absolute atomic E-state index is 0.00414. The van der Waals surface area contributed by atoms with Gasteiger partial charge in [-0.25, -0.2) is 18.2 Å². The number of methoxy groups -OCH3 is 1. The Bertz CT molecular complexity index is 2000. The number of nitrogens with one attached hydrogen (secondary N) is 1. The first kappa shape index (κ1) is 34.0. The van der Waals surface area contributed by atoms with Crippen molar-refractivity contribution in [3.8, 4) is 17.4 Å². The SMILES string of the molecule is COC(=O)C(CCSC)NC(=O)c1ccc(-c2ccc(N(Cc3cncn3Cc3ccc(C#N)cc3)S(=O)(=O)c3ccccc3)cc2)o1. The second kappa shape index (κ2) is 15.5. The molecule has 0 radical (unpaired) electrons. The van der Waals surface area contributed by atoms with Gasteiger partial charge in [0.15, 0.2) is 5.76 Å². The highest BCUT2D eigenvalue weighted by Crippen LogP contribution is 2.30. The lowest BCUT2D eigenvalue weighted by molar-refractivity contribution is -0.142. The molecule has 3 aromatic carbocycles. The number of amides is 1. The van der Waals surface area contributed by atoms with E-state index in [-0.39, 0.29) is 17.2 Å². The third kappa shape index (κ3) is 7.96. The summed E-state index contributed by atoms with van der Waals surface area (Å²) < 4.78 is 41.9. The van der Waals surface area contributed by atoms with Crippen LogP contribution in [0.4, 0.5) is 5.69 Å². The number of sulfonamides is 1. The van der Waals surface area contributed by atoms with Crippen molar-refractivity contribution in [2.24, 2.45) is 0 Å². The highest BCUT2D eigenvalue weighted by Gasteiger charge is 2.27. The summed E-state index contributed by atoms with van der Waals surface area (Å²) in [5.41, 5.74) is 3.17. The molecule has 0 spiro atoms. The summed E-state index contributed by atoms with van der Waals surface area (Å²) in [6, 6.07) is 26.6. The maximum absolute atomic E-state index is 14.0. The Hall–Kier alpha value is -5.32. The number of nitrogens with zero attached hydrogens (tertiary/aromatic N) is 4. The fraction of sp³-hybridized carbons (Fsp3) is 0.200. The molecule has 13 heteroatoms. The zero-order valence-electron chi connectivity index (χ0n) is 26.3. The number of hydrogen-bond acceptors (Lipinski definition) is 9. The molecule has 48 heavy (non-hydrogen) atoms. The Labute approximate surface area is 283 Å². The normalized spacial score (nSPS) is 11.8. The number of ether oxygens (including phenoxy) is 1. The molecule has 0 aliphatic carbocycles. The first-order valence-corrected chi connectivity index (χ1v) is 17.7. The second-order valence-electron chi connectivity index (χ2n) is 10.7. The van der Waals surface area contributed by atoms with E-state index >= 15 is 0 Å². The monoisotopic (exact) mass is 683 g/mol. The lowest BCUT2D eigenvalue weighted by atomic mass is 10.1. The second-order valence-corrected chi connectivity index (χ2v) is 13.5. The maximum atomic E-state index is 14.0. The quantitative estimate of drug-likeness (QED) is 0.150. The van der Waals surface area contributed by atoms with Crippen LogP contribution in [0.1, 0.15) is 33.8 Å². The van der Waals surface area contributed by atoms with E-state index in [1.807, 2.05) is 23.0 Å². The number of imidazole rings is 1. The molecule has 0 saturated carbocycles. The van der Waals surface area contributed by atoms with E-state index in [9.17, 15) is 18.0 Å². The van der Waals surface area contributed by atoms with E-state index in [4.69, 9.17) is 14.4 Å². The van der Waals surface area contributed by atoms with Gasteiger partial charge in [0, 0.05) is 18.3 Å². The molecular formula is C35H33N5O6S2. The molecule has 1 N–H and O–H groups in total. The number of anilines is 1. The van der Waals surface area contributed by atoms with Crippen molar-refractivity contribution in [1.82, 2.24) is 14.9 Å². The molecule has 2 aromatic heterocycles. The van der Waals surface area contributed by atoms with Gasteiger partial charge in [0.25, 0.3) is 15.9 Å². The van der Waals surface area contributed by atoms with Crippen LogP contribution in [0.2, 0.25) is 0 Å². The van der Waals surface area contributed by atoms with Crippen LogP contribution in [-0.2, 0) is 32.6 Å². The van der Waals surface area contributed by atoms with Gasteiger partial charge in [0.2, 0.25) is 0 Å². The summed E-state index contributed by atoms with van der Waals surface area (Å²) >= 11 is 1.55. The van der Waals surface area contributed by atoms with Crippen LogP contribution in [-0.4, -0.2) is 55.0 Å². The van der Waals surface area contributed by atoms with E-state index in [2.05, 4.69) is 16.4 Å². The van der Waals surface area contributed by atoms with Gasteiger partial charge >= 0.3 is 5.97 Å². The van der Waals surface area contributed by atoms with Crippen molar-refractivity contribution in [2.75, 3.05) is 23.4 Å². The van der Waals surface area contributed by atoms with Crippen LogP contribution >= 0.6 is 11.8 Å². The van der Waals surface area contributed by atoms with Gasteiger partial charge in [0.1, 0.15) is 11.8 Å². The van der Waals surface area contributed by atoms with Crippen LogP contribution in [0.25, 0.3) is 11.3 Å². The van der Waals surface area contributed by atoms with Gasteiger partial charge in [-0.1, -0.05) is 30.3 Å². The van der Waals surface area contributed by atoms with E-state index in [0.29, 0.717) is 47.0 Å². The van der Waals surface area contributed by atoms with Crippen LogP contribution in [0.15, 0.2) is 113 Å². The van der Waals surface area contributed by atoms with Crippen LogP contribution in [0, 0.1) is 11.3 Å². The van der Waals surface area contributed by atoms with Crippen LogP contribution in [0.5, 0.6) is 0 Å². The topological polar surface area (TPSA) is 148 Å². The van der Waals surface area contributed by atoms with Crippen molar-refractivity contribution in [3.05, 3.63) is 126 Å². The van der Waals surface area contributed by atoms with Crippen LogP contribution < -0.4 is 9.62 Å². The Kier molecular flexibility index (Phi) is 11.0. The molecule has 0 fully saturated rings. The van der Waals surface area contributed by atoms with Crippen LogP contribution in [0.3, 0.4) is 0 Å². The first-order valence-electron chi connectivity index (χ1n) is 14.9. The smallest absolute Gasteiger partial charge is 0.328 e. The van der Waals surface area contributed by atoms with Crippen molar-refractivity contribution in [2.45, 2.75) is 30.4 Å². The molecule has 0 aliphatic heterocycles. The molecule has 5 rings (SSSR count). The highest BCUT2D eigenvalue weighted by atomic mass is 32.2. The number of thioether (sulfide) groups is 1. The first-order chi connectivity index (χ1) is 23.2. The molecule has 1 unspecified atom stereocenters. The molecule has 0 bridgehead atoms. The van der Waals surface area contributed by atoms with Crippen molar-refractivity contribution in [1.29, 1.82) is 5.26 Å². The fourth-order valence-electron chi connectivity index (χ4n) is 4.95. The minimum Gasteiger partial charge on any atom is -0.467 e. The van der Waals surface area contributed by atoms with E-state index in [0.717, 1.165) is 5.56 Å². The van der Waals surface area contributed by atoms with Crippen molar-refractivity contribution >= 4 is 39.3 Å². The molecule has 2 heterocycles. The highest BCUT2D eigenvalue weighted by molar-refractivity contribution is 7.98. The molecular weight excluding hydrogens is 651 g/mol. The predicted molar refractivity (Wildman–Crippen MR) is 183 cm³/mol. The zero-order chi connectivity index (χ0) is 34.1. The average molecular weight is 684 g/mol. The third-order valence-corrected chi connectivity index (χ3v) is 9.97. The standard InChI is InChI=1S/C35H33N5O6S2/c1-45-35(42)31(18-19-47-2)38-34(41)33-17-16-32(46-33)27-12-14-28(15-13-27)40(48(43,44)30-6-4-3-5-7-30)23-29-21-37-24-39(29)22-26-10-8-25(20-36)9-11-26/h3-17,21,24,31H,18-19,22-23H2,1-2H3,(H,38,41). The van der Waals surface area contributed by atoms with Gasteiger partial charge in [-0.15, -0.1) is 0 Å². The Morgan fingerprint density at radius 2 is 1.77 bits per heavy atom. The fourth-order valence-corrected chi connectivity index (χ4v) is 6.88. The zero-order valence-corrected chi connectivity index (χ0v) is 27.9. The third-order valence-electron chi connectivity index (χ3n) is 7.54. The van der Waals surface area contributed by atoms with Gasteiger partial charge in [-0.2, -0.15) is 17.0 Å². The lowest BCUT2D eigenvalue weighted by Crippen LogP contribution is -2.41. The van der Waals surface area contributed by atoms with E-state index < -0.39 is 27.9 Å². The van der Waals surface area contributed by atoms with Crippen molar-refractivity contribution in [3.63, 3.8) is 0 Å². The van der Waals surface area contributed by atoms with Gasteiger partial charge in [-0.05, 0) is 84.7 Å². The molecule has 0 aliphatic rings. The predicted octanol–water partition coefficient (Wildman–Crippen LogP) is 5.48. The molecule has 1 amide bonds. The number of hydrogen-bond donors (Lipinski definition) is 1. The molecule has 246 valence electrons. The van der Waals surface area contributed by atoms with Gasteiger partial charge in [0.05, 0.1) is 47.9 Å². The van der Waals surface area contributed by atoms with E-state index in [1.54, 1.807) is 97.1 Å². The minimum atomic E-state index is -4.00. The summed E-state index contributed by atoms with van der Waals surface area (Å²) in [7, 11) is -2.73. The number of nitriles is 1. The number of rotatable bonds is 14. The summed E-state index contributed by atoms with van der Waals surface area (Å²) in [6.07, 6.45) is 5.59. The number of carbonyl (C=O) groups is 2. The molecule has 11 nitrogen and oxygen atoms in total. The number of aromatic nitrogens is 2. The molecule has 5 aromatic rings. The number of benzene rings is 3. The molecule has 1 atom stereocenters. The lowest BCUT2D eigenvalue weighted by Gasteiger charge is -2.25. The summed E-state index contributed by atoms with van der Waals surface area (Å²) in [5.74, 6) is -0.00901. The number of esters is 1. The van der Waals surface area contributed by atoms with Crippen molar-refractivity contribution < 1.29 is 27.2 Å². The summed E-state index contributed by atoms with van der Waals surface area (Å²) in [5, 5.41) is 11.8.